The molecule has 156 valence electrons. The molecule has 0 saturated heterocycles. The number of esters is 1. The molecule has 4 saturated carbocycles. The van der Waals surface area contributed by atoms with E-state index < -0.39 is 0 Å². The van der Waals surface area contributed by atoms with E-state index in [1.165, 1.54) is 13.3 Å². The summed E-state index contributed by atoms with van der Waals surface area (Å²) in [5.74, 6) is 2.35. The molecule has 0 radical (unpaired) electrons. The molecule has 0 bridgehead atoms. The maximum absolute atomic E-state index is 13.6. The van der Waals surface area contributed by atoms with Gasteiger partial charge in [0.05, 0.1) is 0 Å². The Balaban J connectivity index is 1.59. The summed E-state index contributed by atoms with van der Waals surface area (Å²) in [7, 11) is 0. The monoisotopic (exact) mass is 388 g/mol. The number of rotatable bonds is 3. The largest absolute Gasteiger partial charge is 0.463 e. The van der Waals surface area contributed by atoms with Crippen molar-refractivity contribution in [2.75, 3.05) is 0 Å². The zero-order chi connectivity index (χ0) is 20.3. The van der Waals surface area contributed by atoms with E-state index in [1.54, 1.807) is 0 Å². The Kier molecular flexibility index (Phi) is 4.99. The van der Waals surface area contributed by atoms with Crippen molar-refractivity contribution in [1.29, 1.82) is 0 Å². The van der Waals surface area contributed by atoms with Crippen LogP contribution < -0.4 is 0 Å². The van der Waals surface area contributed by atoms with Crippen LogP contribution >= 0.6 is 0 Å². The Morgan fingerprint density at radius 2 is 1.89 bits per heavy atom. The molecule has 4 heteroatoms. The Hall–Kier alpha value is -1.19. The van der Waals surface area contributed by atoms with Gasteiger partial charge in [0.25, 0.3) is 0 Å². The van der Waals surface area contributed by atoms with E-state index in [0.29, 0.717) is 35.9 Å². The average molecular weight is 389 g/mol. The fourth-order valence-corrected chi connectivity index (χ4v) is 8.37. The molecular weight excluding hydrogens is 352 g/mol. The van der Waals surface area contributed by atoms with Gasteiger partial charge in [0.1, 0.15) is 18.2 Å². The van der Waals surface area contributed by atoms with Crippen LogP contribution in [0.1, 0.15) is 79.1 Å². The molecule has 0 N–H and O–H groups in total. The van der Waals surface area contributed by atoms with Gasteiger partial charge in [-0.3, -0.25) is 9.59 Å². The van der Waals surface area contributed by atoms with E-state index in [0.717, 1.165) is 44.8 Å². The summed E-state index contributed by atoms with van der Waals surface area (Å²) in [5, 5.41) is 0. The second kappa shape index (κ2) is 6.95. The first-order chi connectivity index (χ1) is 13.2. The highest BCUT2D eigenvalue weighted by Crippen LogP contribution is 2.67. The first-order valence-corrected chi connectivity index (χ1v) is 11.4. The zero-order valence-electron chi connectivity index (χ0n) is 17.9. The fraction of sp³-hybridized carbons (Fsp3) is 0.875. The molecular formula is C24H36O4. The second-order valence-electron chi connectivity index (χ2n) is 10.9. The van der Waals surface area contributed by atoms with Crippen molar-refractivity contribution in [3.8, 4) is 0 Å². The smallest absolute Gasteiger partial charge is 0.302 e. The molecule has 0 amide bonds. The van der Waals surface area contributed by atoms with Crippen LogP contribution in [0.4, 0.5) is 0 Å². The maximum atomic E-state index is 13.6. The second-order valence-corrected chi connectivity index (χ2v) is 10.9. The number of Topliss-reactive ketones (excluding diaryl/α,β-unsaturated/α-hetero) is 1. The van der Waals surface area contributed by atoms with Crippen LogP contribution in [0.5, 0.6) is 0 Å². The van der Waals surface area contributed by atoms with Crippen molar-refractivity contribution in [2.45, 2.75) is 85.2 Å². The van der Waals surface area contributed by atoms with Gasteiger partial charge in [-0.15, -0.1) is 0 Å². The molecule has 28 heavy (non-hydrogen) atoms. The molecule has 9 atom stereocenters. The van der Waals surface area contributed by atoms with Crippen molar-refractivity contribution < 1.29 is 19.1 Å². The Morgan fingerprint density at radius 3 is 2.57 bits per heavy atom. The summed E-state index contributed by atoms with van der Waals surface area (Å²) in [6.45, 7) is 8.18. The lowest BCUT2D eigenvalue weighted by Crippen LogP contribution is -2.58. The predicted molar refractivity (Wildman–Crippen MR) is 106 cm³/mol. The lowest BCUT2D eigenvalue weighted by Gasteiger charge is -2.60. The topological polar surface area (TPSA) is 60.4 Å². The Morgan fingerprint density at radius 1 is 1.14 bits per heavy atom. The first kappa shape index (κ1) is 20.1. The van der Waals surface area contributed by atoms with Gasteiger partial charge < -0.3 is 9.53 Å². The number of hydrogen-bond acceptors (Lipinski definition) is 4. The number of ether oxygens (including phenoxy) is 1. The molecule has 4 aliphatic carbocycles. The van der Waals surface area contributed by atoms with E-state index in [9.17, 15) is 14.4 Å². The molecule has 0 heterocycles. The molecule has 0 spiro atoms. The summed E-state index contributed by atoms with van der Waals surface area (Å²) < 4.78 is 5.53. The van der Waals surface area contributed by atoms with E-state index in [-0.39, 0.29) is 34.7 Å². The molecule has 1 unspecified atom stereocenters. The van der Waals surface area contributed by atoms with Crippen molar-refractivity contribution in [1.82, 2.24) is 0 Å². The SMILES string of the molecule is CC(=O)O[C@@H]1CC[C@@]2(C)[C@H](CC[C@H]3[C@@H]4CC[C@H](C(C)C=O)[C@@]4(C)CC(=O)[C@@H]32)C1. The number of aldehydes is 1. The molecule has 0 aliphatic heterocycles. The predicted octanol–water partition coefficient (Wildman–Crippen LogP) is 4.59. The van der Waals surface area contributed by atoms with Crippen molar-refractivity contribution >= 4 is 18.0 Å². The minimum absolute atomic E-state index is 0.00326. The van der Waals surface area contributed by atoms with Gasteiger partial charge in [-0.25, -0.2) is 0 Å². The summed E-state index contributed by atoms with van der Waals surface area (Å²) in [6.07, 6.45) is 9.09. The molecule has 4 aliphatic rings. The number of hydrogen-bond donors (Lipinski definition) is 0. The highest BCUT2D eigenvalue weighted by Gasteiger charge is 2.63. The third kappa shape index (κ3) is 2.89. The Bertz CT molecular complexity index is 672. The minimum Gasteiger partial charge on any atom is -0.463 e. The van der Waals surface area contributed by atoms with Gasteiger partial charge in [0.2, 0.25) is 0 Å². The van der Waals surface area contributed by atoms with Crippen LogP contribution in [0.25, 0.3) is 0 Å². The lowest BCUT2D eigenvalue weighted by molar-refractivity contribution is -0.169. The van der Waals surface area contributed by atoms with Crippen LogP contribution in [-0.4, -0.2) is 24.1 Å². The van der Waals surface area contributed by atoms with Crippen LogP contribution in [0.2, 0.25) is 0 Å². The first-order valence-electron chi connectivity index (χ1n) is 11.4. The van der Waals surface area contributed by atoms with E-state index in [4.69, 9.17) is 4.74 Å². The quantitative estimate of drug-likeness (QED) is 0.524. The number of ketones is 1. The van der Waals surface area contributed by atoms with Crippen LogP contribution in [-0.2, 0) is 19.1 Å². The normalized spacial score (nSPS) is 48.8. The molecule has 0 aromatic carbocycles. The van der Waals surface area contributed by atoms with E-state index >= 15 is 0 Å². The summed E-state index contributed by atoms with van der Waals surface area (Å²) in [5.41, 5.74) is 0.0447. The van der Waals surface area contributed by atoms with Crippen molar-refractivity contribution in [3.63, 3.8) is 0 Å². The van der Waals surface area contributed by atoms with Gasteiger partial charge in [-0.2, -0.15) is 0 Å². The maximum Gasteiger partial charge on any atom is 0.302 e. The Labute approximate surface area is 169 Å². The molecule has 0 aromatic rings. The standard InChI is InChI=1S/C24H36O4/c1-14(13-25)19-7-8-20-18-6-5-16-11-17(28-15(2)26)9-10-23(16,3)22(18)21(27)12-24(19,20)4/h13-14,16-20,22H,5-12H2,1-4H3/t14?,16-,17-,18+,19-,20+,22-,23+,24-/m1/s1. The van der Waals surface area contributed by atoms with Crippen molar-refractivity contribution in [2.24, 2.45) is 46.3 Å². The van der Waals surface area contributed by atoms with Gasteiger partial charge in [-0.1, -0.05) is 20.8 Å². The van der Waals surface area contributed by atoms with E-state index in [1.807, 2.05) is 6.92 Å². The van der Waals surface area contributed by atoms with Gasteiger partial charge in [0, 0.05) is 25.2 Å². The van der Waals surface area contributed by atoms with Crippen LogP contribution in [0.15, 0.2) is 0 Å². The molecule has 4 nitrogen and oxygen atoms in total. The zero-order valence-corrected chi connectivity index (χ0v) is 17.9. The summed E-state index contributed by atoms with van der Waals surface area (Å²) >= 11 is 0. The minimum atomic E-state index is -0.187. The number of carbonyl (C=O) groups excluding carboxylic acids is 3. The van der Waals surface area contributed by atoms with Crippen molar-refractivity contribution in [3.05, 3.63) is 0 Å². The van der Waals surface area contributed by atoms with Gasteiger partial charge >= 0.3 is 5.97 Å². The third-order valence-electron chi connectivity index (χ3n) is 9.56. The highest BCUT2D eigenvalue weighted by molar-refractivity contribution is 5.84. The molecule has 4 fully saturated rings. The van der Waals surface area contributed by atoms with E-state index in [2.05, 4.69) is 13.8 Å². The fourth-order valence-electron chi connectivity index (χ4n) is 8.37. The summed E-state index contributed by atoms with van der Waals surface area (Å²) in [4.78, 5) is 36.5. The number of carbonyl (C=O) groups is 3. The highest BCUT2D eigenvalue weighted by atomic mass is 16.5. The lowest BCUT2D eigenvalue weighted by atomic mass is 9.44. The molecule has 0 aromatic heterocycles. The van der Waals surface area contributed by atoms with Gasteiger partial charge in [-0.05, 0) is 79.4 Å². The molecule has 4 rings (SSSR count). The van der Waals surface area contributed by atoms with Crippen LogP contribution in [0.3, 0.4) is 0 Å². The van der Waals surface area contributed by atoms with Gasteiger partial charge in [0.15, 0.2) is 0 Å². The summed E-state index contributed by atoms with van der Waals surface area (Å²) in [6, 6.07) is 0. The third-order valence-corrected chi connectivity index (χ3v) is 9.56. The average Bonchev–Trinajstić information content (AvgIpc) is 2.97. The van der Waals surface area contributed by atoms with Crippen LogP contribution in [0, 0.1) is 46.3 Å². The number of fused-ring (bicyclic) bond motifs is 5.